The number of nitrogens with two attached hydrogens (primary N) is 1. The number of anilines is 2. The lowest BCUT2D eigenvalue weighted by Gasteiger charge is -2.39. The molecule has 0 saturated carbocycles. The van der Waals surface area contributed by atoms with Gasteiger partial charge in [0.25, 0.3) is 5.91 Å². The summed E-state index contributed by atoms with van der Waals surface area (Å²) in [5.41, 5.74) is 9.49. The summed E-state index contributed by atoms with van der Waals surface area (Å²) in [5, 5.41) is 6.50. The van der Waals surface area contributed by atoms with Crippen molar-refractivity contribution >= 4 is 45.3 Å². The highest BCUT2D eigenvalue weighted by Gasteiger charge is 2.36. The fraction of sp³-hybridized carbons (Fsp3) is 0.559. The fourth-order valence-electron chi connectivity index (χ4n) is 7.50. The monoisotopic (exact) mass is 680 g/mol. The molecule has 45 heavy (non-hydrogen) atoms. The summed E-state index contributed by atoms with van der Waals surface area (Å²) in [6.45, 7) is 5.12. The van der Waals surface area contributed by atoms with E-state index in [4.69, 9.17) is 10.5 Å². The van der Waals surface area contributed by atoms with Gasteiger partial charge in [-0.15, -0.1) is 0 Å². The van der Waals surface area contributed by atoms with Crippen LogP contribution < -0.4 is 16.4 Å². The van der Waals surface area contributed by atoms with Crippen molar-refractivity contribution in [3.8, 4) is 0 Å². The van der Waals surface area contributed by atoms with Crippen LogP contribution >= 0.6 is 15.9 Å². The largest absolute Gasteiger partial charge is 0.436 e. The number of para-hydroxylation sites is 1. The summed E-state index contributed by atoms with van der Waals surface area (Å²) >= 11 is 3.49. The number of carbonyl (C=O) groups excluding carboxylic acids is 3. The van der Waals surface area contributed by atoms with Crippen LogP contribution in [0.1, 0.15) is 49.7 Å². The molecule has 4 amide bonds. The van der Waals surface area contributed by atoms with E-state index < -0.39 is 12.2 Å². The van der Waals surface area contributed by atoms with Crippen LogP contribution in [0.15, 0.2) is 46.9 Å². The molecule has 0 spiro atoms. The van der Waals surface area contributed by atoms with Gasteiger partial charge in [-0.2, -0.15) is 0 Å². The van der Waals surface area contributed by atoms with Gasteiger partial charge < -0.3 is 35.8 Å². The summed E-state index contributed by atoms with van der Waals surface area (Å²) in [6, 6.07) is 13.4. The number of amides is 4. The molecule has 0 unspecified atom stereocenters. The van der Waals surface area contributed by atoms with Gasteiger partial charge in [0, 0.05) is 61.0 Å². The predicted molar refractivity (Wildman–Crippen MR) is 178 cm³/mol. The number of carbonyl (C=O) groups is 3. The molecule has 0 radical (unpaired) electrons. The summed E-state index contributed by atoms with van der Waals surface area (Å²) in [5.74, 6) is 1.24. The molecule has 2 aromatic carbocycles. The van der Waals surface area contributed by atoms with Crippen molar-refractivity contribution in [1.82, 2.24) is 20.0 Å². The lowest BCUT2D eigenvalue weighted by Crippen LogP contribution is -2.52. The van der Waals surface area contributed by atoms with Gasteiger partial charge in [-0.05, 0) is 115 Å². The van der Waals surface area contributed by atoms with Gasteiger partial charge >= 0.3 is 12.1 Å². The first-order valence-electron chi connectivity index (χ1n) is 16.5. The highest BCUT2D eigenvalue weighted by Crippen LogP contribution is 2.32. The first kappa shape index (κ1) is 31.7. The number of ether oxygens (including phenoxy) is 1. The topological polar surface area (TPSA) is 120 Å². The van der Waals surface area contributed by atoms with Gasteiger partial charge in [0.05, 0.1) is 0 Å². The average molecular weight is 682 g/mol. The Bertz CT molecular complexity index is 1370. The number of nitrogens with one attached hydrogen (secondary N) is 2. The predicted octanol–water partition coefficient (Wildman–Crippen LogP) is 4.87. The maximum atomic E-state index is 13.9. The molecular weight excluding hydrogens is 636 g/mol. The molecule has 3 saturated heterocycles. The van der Waals surface area contributed by atoms with E-state index in [1.807, 2.05) is 40.1 Å². The summed E-state index contributed by atoms with van der Waals surface area (Å²) in [6.07, 6.45) is 5.39. The Kier molecular flexibility index (Phi) is 10.1. The number of urea groups is 1. The average Bonchev–Trinajstić information content (AvgIpc) is 3.24. The Hall–Kier alpha value is -3.31. The zero-order valence-corrected chi connectivity index (χ0v) is 27.5. The number of hydrogen-bond donors (Lipinski definition) is 3. The van der Waals surface area contributed by atoms with Crippen LogP contribution in [0.3, 0.4) is 0 Å². The number of likely N-dealkylation sites (tertiary alicyclic amines) is 2. The zero-order chi connectivity index (χ0) is 31.3. The molecule has 11 heteroatoms. The summed E-state index contributed by atoms with van der Waals surface area (Å²) in [4.78, 5) is 46.0. The number of benzene rings is 2. The van der Waals surface area contributed by atoms with Crippen LogP contribution in [0, 0.1) is 11.8 Å². The van der Waals surface area contributed by atoms with Crippen LogP contribution in [-0.2, 0) is 22.4 Å². The van der Waals surface area contributed by atoms with Crippen LogP contribution in [0.25, 0.3) is 0 Å². The molecular formula is C34H45BrN6O4. The number of halogens is 1. The molecule has 10 nitrogen and oxygen atoms in total. The molecule has 4 aliphatic heterocycles. The van der Waals surface area contributed by atoms with Crippen molar-refractivity contribution in [1.29, 1.82) is 0 Å². The van der Waals surface area contributed by atoms with E-state index in [0.29, 0.717) is 57.2 Å². The second kappa shape index (κ2) is 14.4. The molecule has 2 aromatic rings. The van der Waals surface area contributed by atoms with Crippen LogP contribution in [0.2, 0.25) is 0 Å². The van der Waals surface area contributed by atoms with Gasteiger partial charge in [-0.3, -0.25) is 4.79 Å². The Labute approximate surface area is 274 Å². The van der Waals surface area contributed by atoms with Crippen molar-refractivity contribution in [3.05, 3.63) is 58.1 Å². The van der Waals surface area contributed by atoms with Crippen molar-refractivity contribution in [2.75, 3.05) is 56.9 Å². The lowest BCUT2D eigenvalue weighted by molar-refractivity contribution is -0.142. The lowest BCUT2D eigenvalue weighted by atomic mass is 9.79. The van der Waals surface area contributed by atoms with Gasteiger partial charge in [-0.1, -0.05) is 24.3 Å². The van der Waals surface area contributed by atoms with E-state index in [-0.39, 0.29) is 24.4 Å². The third-order valence-corrected chi connectivity index (χ3v) is 10.9. The molecule has 4 heterocycles. The molecule has 0 aliphatic carbocycles. The number of nitrogen functional groups attached to an aromatic ring is 1. The Morgan fingerprint density at radius 3 is 2.33 bits per heavy atom. The Morgan fingerprint density at radius 2 is 1.60 bits per heavy atom. The minimum atomic E-state index is -0.920. The standard InChI is InChI=1S/C34H45BrN6O4/c35-28-21-23(5-6-29(28)36)22-31(32(42)39-16-9-25(10-17-39)24-7-14-37-15-8-24)45-34(44)40-18-12-27(13-19-40)41-20-11-26-3-1-2-4-30(26)38-33(41)43/h1-6,21,24-25,27,31,37H,7-20,22,36H2,(H,38,43)/t31-/m1/s1. The molecule has 1 atom stereocenters. The Morgan fingerprint density at radius 1 is 0.911 bits per heavy atom. The highest BCUT2D eigenvalue weighted by molar-refractivity contribution is 9.10. The fourth-order valence-corrected chi connectivity index (χ4v) is 7.92. The molecule has 4 N–H and O–H groups in total. The molecule has 242 valence electrons. The van der Waals surface area contributed by atoms with E-state index in [1.165, 1.54) is 12.8 Å². The third kappa shape index (κ3) is 7.57. The zero-order valence-electron chi connectivity index (χ0n) is 25.9. The van der Waals surface area contributed by atoms with Gasteiger partial charge in [0.1, 0.15) is 0 Å². The summed E-state index contributed by atoms with van der Waals surface area (Å²) in [7, 11) is 0. The number of piperidine rings is 3. The van der Waals surface area contributed by atoms with Crippen LogP contribution in [0.4, 0.5) is 21.0 Å². The van der Waals surface area contributed by atoms with E-state index in [0.717, 1.165) is 59.6 Å². The smallest absolute Gasteiger partial charge is 0.410 e. The number of nitrogens with zero attached hydrogens (tertiary/aromatic N) is 3. The quantitative estimate of drug-likeness (QED) is 0.375. The van der Waals surface area contributed by atoms with E-state index in [1.54, 1.807) is 11.0 Å². The molecule has 0 bridgehead atoms. The first-order chi connectivity index (χ1) is 21.9. The molecule has 3 fully saturated rings. The normalized spacial score (nSPS) is 21.1. The van der Waals surface area contributed by atoms with Crippen molar-refractivity contribution in [2.45, 2.75) is 63.5 Å². The van der Waals surface area contributed by atoms with Crippen LogP contribution in [-0.4, -0.2) is 90.7 Å². The minimum Gasteiger partial charge on any atom is -0.436 e. The number of fused-ring (bicyclic) bond motifs is 1. The second-order valence-electron chi connectivity index (χ2n) is 12.9. The van der Waals surface area contributed by atoms with E-state index >= 15 is 0 Å². The van der Waals surface area contributed by atoms with Crippen LogP contribution in [0.5, 0.6) is 0 Å². The van der Waals surface area contributed by atoms with E-state index in [2.05, 4.69) is 32.6 Å². The maximum Gasteiger partial charge on any atom is 0.410 e. The first-order valence-corrected chi connectivity index (χ1v) is 17.3. The summed E-state index contributed by atoms with van der Waals surface area (Å²) < 4.78 is 6.79. The second-order valence-corrected chi connectivity index (χ2v) is 13.8. The van der Waals surface area contributed by atoms with E-state index in [9.17, 15) is 14.4 Å². The molecule has 0 aromatic heterocycles. The highest BCUT2D eigenvalue weighted by atomic mass is 79.9. The van der Waals surface area contributed by atoms with Gasteiger partial charge in [0.2, 0.25) is 0 Å². The van der Waals surface area contributed by atoms with Crippen molar-refractivity contribution in [2.24, 2.45) is 11.8 Å². The number of rotatable bonds is 6. The minimum absolute atomic E-state index is 0.0363. The third-order valence-electron chi connectivity index (χ3n) is 10.2. The van der Waals surface area contributed by atoms with Gasteiger partial charge in [-0.25, -0.2) is 9.59 Å². The SMILES string of the molecule is Nc1ccc(C[C@@H](OC(=O)N2CCC(N3CCc4ccccc4NC3=O)CC2)C(=O)N2CCC(C3CCNCC3)CC2)cc1Br. The molecule has 6 rings (SSSR count). The maximum absolute atomic E-state index is 13.9. The van der Waals surface area contributed by atoms with Crippen molar-refractivity contribution in [3.63, 3.8) is 0 Å². The Balaban J connectivity index is 1.07. The van der Waals surface area contributed by atoms with Crippen molar-refractivity contribution < 1.29 is 19.1 Å². The molecule has 4 aliphatic rings. The van der Waals surface area contributed by atoms with Gasteiger partial charge in [0.15, 0.2) is 6.10 Å². The number of hydrogen-bond acceptors (Lipinski definition) is 6.